The Labute approximate surface area is 104 Å². The molecule has 1 aromatic heterocycles. The number of carboxylic acid groups (broad SMARTS) is 1. The molecule has 2 aliphatic heterocycles. The van der Waals surface area contributed by atoms with E-state index in [1.165, 1.54) is 0 Å². The van der Waals surface area contributed by atoms with Crippen molar-refractivity contribution in [3.63, 3.8) is 0 Å². The second kappa shape index (κ2) is 4.12. The fourth-order valence-corrected chi connectivity index (χ4v) is 3.26. The van der Waals surface area contributed by atoms with Crippen LogP contribution in [0, 0.1) is 5.92 Å². The zero-order valence-corrected chi connectivity index (χ0v) is 9.90. The highest BCUT2D eigenvalue weighted by Gasteiger charge is 2.51. The van der Waals surface area contributed by atoms with Gasteiger partial charge in [0.05, 0.1) is 5.92 Å². The van der Waals surface area contributed by atoms with Crippen molar-refractivity contribution in [2.75, 3.05) is 0 Å². The standard InChI is InChI=1S/C12H15N3O3/c16-11(7-14-5-1-4-13-14)15-8-2-3-10(15)9(6-8)12(17)18/h1,4-5,8-10H,2-3,6-7H2,(H,17,18). The summed E-state index contributed by atoms with van der Waals surface area (Å²) in [6, 6.07) is 1.76. The average Bonchev–Trinajstić information content (AvgIpc) is 3.02. The van der Waals surface area contributed by atoms with Crippen molar-refractivity contribution in [3.05, 3.63) is 18.5 Å². The minimum absolute atomic E-state index is 0.0186. The van der Waals surface area contributed by atoms with Crippen LogP contribution in [-0.4, -0.2) is 43.7 Å². The van der Waals surface area contributed by atoms with E-state index in [9.17, 15) is 9.59 Å². The van der Waals surface area contributed by atoms with Gasteiger partial charge < -0.3 is 10.0 Å². The third kappa shape index (κ3) is 1.68. The molecule has 3 atom stereocenters. The van der Waals surface area contributed by atoms with Crippen molar-refractivity contribution >= 4 is 11.9 Å². The molecule has 2 bridgehead atoms. The molecule has 0 aromatic carbocycles. The van der Waals surface area contributed by atoms with E-state index < -0.39 is 5.97 Å². The Bertz CT molecular complexity index is 471. The summed E-state index contributed by atoms with van der Waals surface area (Å²) >= 11 is 0. The Morgan fingerprint density at radius 3 is 2.83 bits per heavy atom. The van der Waals surface area contributed by atoms with Gasteiger partial charge in [0.25, 0.3) is 0 Å². The van der Waals surface area contributed by atoms with Gasteiger partial charge in [0.2, 0.25) is 5.91 Å². The highest BCUT2D eigenvalue weighted by Crippen LogP contribution is 2.41. The molecule has 6 nitrogen and oxygen atoms in total. The highest BCUT2D eigenvalue weighted by molar-refractivity contribution is 5.80. The lowest BCUT2D eigenvalue weighted by Gasteiger charge is -2.23. The first-order chi connectivity index (χ1) is 8.66. The van der Waals surface area contributed by atoms with Gasteiger partial charge in [-0.1, -0.05) is 0 Å². The van der Waals surface area contributed by atoms with Crippen LogP contribution < -0.4 is 0 Å². The van der Waals surface area contributed by atoms with Crippen LogP contribution in [-0.2, 0) is 16.1 Å². The van der Waals surface area contributed by atoms with Crippen LogP contribution in [0.2, 0.25) is 0 Å². The molecule has 0 saturated carbocycles. The molecule has 3 rings (SSSR count). The molecule has 2 fully saturated rings. The van der Waals surface area contributed by atoms with E-state index in [2.05, 4.69) is 5.10 Å². The minimum atomic E-state index is -0.779. The second-order valence-electron chi connectivity index (χ2n) is 4.98. The number of hydrogen-bond donors (Lipinski definition) is 1. The summed E-state index contributed by atoms with van der Waals surface area (Å²) in [4.78, 5) is 25.1. The van der Waals surface area contributed by atoms with Crippen LogP contribution in [0.15, 0.2) is 18.5 Å². The molecule has 0 radical (unpaired) electrons. The zero-order chi connectivity index (χ0) is 12.7. The molecule has 6 heteroatoms. The maximum atomic E-state index is 12.2. The number of aromatic nitrogens is 2. The van der Waals surface area contributed by atoms with E-state index in [1.807, 2.05) is 0 Å². The predicted octanol–water partition coefficient (Wildman–Crippen LogP) is 0.347. The number of carbonyl (C=O) groups excluding carboxylic acids is 1. The topological polar surface area (TPSA) is 75.4 Å². The smallest absolute Gasteiger partial charge is 0.308 e. The number of carboxylic acids is 1. The third-order valence-electron chi connectivity index (χ3n) is 4.00. The van der Waals surface area contributed by atoms with Gasteiger partial charge in [-0.15, -0.1) is 0 Å². The number of nitrogens with zero attached hydrogens (tertiary/aromatic N) is 3. The molecule has 1 aromatic rings. The molecule has 0 spiro atoms. The molecular formula is C12H15N3O3. The van der Waals surface area contributed by atoms with Crippen molar-refractivity contribution in [2.24, 2.45) is 5.92 Å². The summed E-state index contributed by atoms with van der Waals surface area (Å²) in [5.41, 5.74) is 0. The Morgan fingerprint density at radius 1 is 1.39 bits per heavy atom. The SMILES string of the molecule is O=C(O)C1CC2CCC1N2C(=O)Cn1cccn1. The van der Waals surface area contributed by atoms with Gasteiger partial charge in [-0.25, -0.2) is 0 Å². The lowest BCUT2D eigenvalue weighted by molar-refractivity contribution is -0.143. The molecule has 2 aliphatic rings. The fourth-order valence-electron chi connectivity index (χ4n) is 3.26. The van der Waals surface area contributed by atoms with Gasteiger partial charge in [0.15, 0.2) is 0 Å². The maximum absolute atomic E-state index is 12.2. The number of carbonyl (C=O) groups is 2. The lowest BCUT2D eigenvalue weighted by Crippen LogP contribution is -2.39. The van der Waals surface area contributed by atoms with Crippen LogP contribution in [0.4, 0.5) is 0 Å². The summed E-state index contributed by atoms with van der Waals surface area (Å²) < 4.78 is 1.58. The average molecular weight is 249 g/mol. The Hall–Kier alpha value is -1.85. The molecule has 3 heterocycles. The quantitative estimate of drug-likeness (QED) is 0.838. The molecule has 3 unspecified atom stereocenters. The molecule has 0 aliphatic carbocycles. The van der Waals surface area contributed by atoms with Gasteiger partial charge in [-0.2, -0.15) is 5.10 Å². The van der Waals surface area contributed by atoms with Crippen LogP contribution >= 0.6 is 0 Å². The summed E-state index contributed by atoms with van der Waals surface area (Å²) in [5.74, 6) is -1.18. The Morgan fingerprint density at radius 2 is 2.22 bits per heavy atom. The summed E-state index contributed by atoms with van der Waals surface area (Å²) in [6.45, 7) is 0.201. The summed E-state index contributed by atoms with van der Waals surface area (Å²) in [6.07, 6.45) is 5.72. The van der Waals surface area contributed by atoms with Crippen molar-refractivity contribution in [3.8, 4) is 0 Å². The van der Waals surface area contributed by atoms with E-state index in [1.54, 1.807) is 28.0 Å². The van der Waals surface area contributed by atoms with E-state index in [0.29, 0.717) is 6.42 Å². The van der Waals surface area contributed by atoms with E-state index >= 15 is 0 Å². The molecular weight excluding hydrogens is 234 g/mol. The Kier molecular flexibility index (Phi) is 2.57. The van der Waals surface area contributed by atoms with Crippen molar-refractivity contribution < 1.29 is 14.7 Å². The summed E-state index contributed by atoms with van der Waals surface area (Å²) in [7, 11) is 0. The van der Waals surface area contributed by atoms with Gasteiger partial charge in [-0.3, -0.25) is 14.3 Å². The number of hydrogen-bond acceptors (Lipinski definition) is 3. The molecule has 1 N–H and O–H groups in total. The highest BCUT2D eigenvalue weighted by atomic mass is 16.4. The molecule has 1 amide bonds. The first-order valence-electron chi connectivity index (χ1n) is 6.18. The predicted molar refractivity (Wildman–Crippen MR) is 61.6 cm³/mol. The van der Waals surface area contributed by atoms with Crippen LogP contribution in [0.3, 0.4) is 0 Å². The zero-order valence-electron chi connectivity index (χ0n) is 9.90. The second-order valence-corrected chi connectivity index (χ2v) is 4.98. The lowest BCUT2D eigenvalue weighted by atomic mass is 9.89. The molecule has 2 saturated heterocycles. The monoisotopic (exact) mass is 249 g/mol. The van der Waals surface area contributed by atoms with Gasteiger partial charge >= 0.3 is 5.97 Å². The molecule has 18 heavy (non-hydrogen) atoms. The van der Waals surface area contributed by atoms with E-state index in [0.717, 1.165) is 12.8 Å². The van der Waals surface area contributed by atoms with Crippen LogP contribution in [0.25, 0.3) is 0 Å². The largest absolute Gasteiger partial charge is 0.481 e. The normalized spacial score (nSPS) is 29.8. The summed E-state index contributed by atoms with van der Waals surface area (Å²) in [5, 5.41) is 13.1. The number of amides is 1. The van der Waals surface area contributed by atoms with Crippen LogP contribution in [0.5, 0.6) is 0 Å². The fraction of sp³-hybridized carbons (Fsp3) is 0.583. The van der Waals surface area contributed by atoms with E-state index in [-0.39, 0.29) is 30.5 Å². The number of rotatable bonds is 3. The van der Waals surface area contributed by atoms with Gasteiger partial charge in [0.1, 0.15) is 6.54 Å². The van der Waals surface area contributed by atoms with Gasteiger partial charge in [-0.05, 0) is 25.3 Å². The minimum Gasteiger partial charge on any atom is -0.481 e. The molecule has 96 valence electrons. The Balaban J connectivity index is 1.73. The third-order valence-corrected chi connectivity index (χ3v) is 4.00. The van der Waals surface area contributed by atoms with Crippen molar-refractivity contribution in [1.29, 1.82) is 0 Å². The van der Waals surface area contributed by atoms with Crippen molar-refractivity contribution in [2.45, 2.75) is 37.9 Å². The number of aliphatic carboxylic acids is 1. The van der Waals surface area contributed by atoms with E-state index in [4.69, 9.17) is 5.11 Å². The van der Waals surface area contributed by atoms with Crippen molar-refractivity contribution in [1.82, 2.24) is 14.7 Å². The maximum Gasteiger partial charge on any atom is 0.308 e. The number of fused-ring (bicyclic) bond motifs is 2. The van der Waals surface area contributed by atoms with Crippen LogP contribution in [0.1, 0.15) is 19.3 Å². The first kappa shape index (κ1) is 11.3. The van der Waals surface area contributed by atoms with Gasteiger partial charge in [0, 0.05) is 24.5 Å². The first-order valence-corrected chi connectivity index (χ1v) is 6.18.